The maximum Gasteiger partial charge on any atom is 0.0638 e. The second kappa shape index (κ2) is 10.4. The number of nitrogens with two attached hydrogens (primary N) is 2. The maximum atomic E-state index is 5.75. The van der Waals surface area contributed by atoms with Gasteiger partial charge >= 0.3 is 0 Å². The van der Waals surface area contributed by atoms with Gasteiger partial charge in [-0.15, -0.1) is 0 Å². The molecule has 0 aliphatic heterocycles. The Morgan fingerprint density at radius 2 is 0.667 bits per heavy atom. The van der Waals surface area contributed by atoms with Gasteiger partial charge in [-0.3, -0.25) is 0 Å². The predicted octanol–water partition coefficient (Wildman–Crippen LogP) is 7.31. The lowest BCUT2D eigenvalue weighted by Gasteiger charge is -2.10. The smallest absolute Gasteiger partial charge is 0.0638 e. The van der Waals surface area contributed by atoms with Crippen LogP contribution >= 0.6 is 0 Å². The zero-order valence-corrected chi connectivity index (χ0v) is 19.6. The van der Waals surface area contributed by atoms with Crippen LogP contribution in [0.2, 0.25) is 0 Å². The summed E-state index contributed by atoms with van der Waals surface area (Å²) in [7, 11) is 0. The second-order valence-corrected chi connectivity index (χ2v) is 8.33. The number of aliphatic imine (C=N–C) groups is 2. The van der Waals surface area contributed by atoms with Crippen LogP contribution in [0.15, 0.2) is 131 Å². The van der Waals surface area contributed by atoms with Crippen molar-refractivity contribution in [2.24, 2.45) is 9.98 Å². The van der Waals surface area contributed by atoms with Gasteiger partial charge in [0, 0.05) is 34.1 Å². The van der Waals surface area contributed by atoms with Crippen molar-refractivity contribution in [2.45, 2.75) is 0 Å². The Balaban J connectivity index is 1.18. The van der Waals surface area contributed by atoms with Crippen LogP contribution in [0.3, 0.4) is 0 Å². The van der Waals surface area contributed by atoms with E-state index in [0.717, 1.165) is 56.9 Å². The van der Waals surface area contributed by atoms with Gasteiger partial charge in [-0.1, -0.05) is 0 Å². The van der Waals surface area contributed by atoms with Crippen molar-refractivity contribution in [2.75, 3.05) is 22.1 Å². The highest BCUT2D eigenvalue weighted by atomic mass is 14.9. The van der Waals surface area contributed by atoms with Crippen LogP contribution in [0.5, 0.6) is 0 Å². The molecule has 0 unspecified atom stereocenters. The predicted molar refractivity (Wildman–Crippen MR) is 154 cm³/mol. The molecule has 4 aromatic carbocycles. The van der Waals surface area contributed by atoms with Crippen LogP contribution in [0.4, 0.5) is 45.5 Å². The molecule has 0 atom stereocenters. The molecular formula is C30H26N6. The minimum Gasteiger partial charge on any atom is -0.399 e. The molecule has 0 radical (unpaired) electrons. The summed E-state index contributed by atoms with van der Waals surface area (Å²) < 4.78 is 0. The minimum absolute atomic E-state index is 0.727. The van der Waals surface area contributed by atoms with E-state index < -0.39 is 0 Å². The summed E-state index contributed by atoms with van der Waals surface area (Å²) in [5, 5.41) is 6.79. The number of anilines is 6. The Hall–Kier alpha value is -5.10. The molecule has 0 saturated heterocycles. The molecule has 5 rings (SSSR count). The SMILES string of the molecule is Nc1ccc(N=C2C=CC(=Nc3ccc(Nc4ccc(Nc5ccc(N)cc5)cc4)cc3)C=C2)cc1. The van der Waals surface area contributed by atoms with Gasteiger partial charge in [0.25, 0.3) is 0 Å². The van der Waals surface area contributed by atoms with Crippen LogP contribution in [0.1, 0.15) is 0 Å². The largest absolute Gasteiger partial charge is 0.399 e. The first kappa shape index (κ1) is 22.7. The molecule has 0 saturated carbocycles. The van der Waals surface area contributed by atoms with Crippen molar-refractivity contribution in [3.63, 3.8) is 0 Å². The lowest BCUT2D eigenvalue weighted by Crippen LogP contribution is -1.99. The molecule has 6 N–H and O–H groups in total. The number of hydrogen-bond donors (Lipinski definition) is 4. The van der Waals surface area contributed by atoms with E-state index in [-0.39, 0.29) is 0 Å². The fourth-order valence-electron chi connectivity index (χ4n) is 3.60. The van der Waals surface area contributed by atoms with Crippen LogP contribution in [0, 0.1) is 0 Å². The highest BCUT2D eigenvalue weighted by molar-refractivity contribution is 6.19. The van der Waals surface area contributed by atoms with Crippen LogP contribution in [-0.4, -0.2) is 11.4 Å². The average Bonchev–Trinajstić information content (AvgIpc) is 2.90. The number of hydrogen-bond acceptors (Lipinski definition) is 6. The molecule has 1 aliphatic carbocycles. The van der Waals surface area contributed by atoms with Crippen molar-refractivity contribution in [1.29, 1.82) is 0 Å². The average molecular weight is 471 g/mol. The maximum absolute atomic E-state index is 5.75. The molecule has 4 aromatic rings. The van der Waals surface area contributed by atoms with E-state index in [1.54, 1.807) is 0 Å². The highest BCUT2D eigenvalue weighted by Gasteiger charge is 2.02. The van der Waals surface area contributed by atoms with Crippen molar-refractivity contribution >= 4 is 56.9 Å². The number of nitrogen functional groups attached to an aromatic ring is 2. The van der Waals surface area contributed by atoms with Gasteiger partial charge in [0.15, 0.2) is 0 Å². The van der Waals surface area contributed by atoms with E-state index in [1.165, 1.54) is 0 Å². The van der Waals surface area contributed by atoms with Crippen LogP contribution in [0.25, 0.3) is 0 Å². The van der Waals surface area contributed by atoms with Gasteiger partial charge in [0.1, 0.15) is 0 Å². The van der Waals surface area contributed by atoms with Gasteiger partial charge in [0.2, 0.25) is 0 Å². The lowest BCUT2D eigenvalue weighted by molar-refractivity contribution is 1.48. The third-order valence-electron chi connectivity index (χ3n) is 5.50. The first-order valence-corrected chi connectivity index (χ1v) is 11.6. The van der Waals surface area contributed by atoms with Gasteiger partial charge < -0.3 is 22.1 Å². The van der Waals surface area contributed by atoms with Crippen LogP contribution < -0.4 is 22.1 Å². The Kier molecular flexibility index (Phi) is 6.58. The standard InChI is InChI=1S/C30H26N6/c31-21-1-5-23(6-2-21)33-25-9-13-27(14-10-25)35-29-17-19-30(20-18-29)36-28-15-11-26(12-16-28)34-24-7-3-22(32)4-8-24/h1-20,33,35H,31-32H2. The van der Waals surface area contributed by atoms with E-state index in [0.29, 0.717) is 0 Å². The third-order valence-corrected chi connectivity index (χ3v) is 5.50. The number of nitrogens with one attached hydrogen (secondary N) is 2. The quantitative estimate of drug-likeness (QED) is 0.175. The normalized spacial score (nSPS) is 12.3. The monoisotopic (exact) mass is 470 g/mol. The van der Waals surface area contributed by atoms with Gasteiger partial charge in [-0.2, -0.15) is 0 Å². The molecule has 1 aliphatic rings. The van der Waals surface area contributed by atoms with Crippen molar-refractivity contribution in [3.05, 3.63) is 121 Å². The van der Waals surface area contributed by atoms with E-state index in [1.807, 2.05) is 121 Å². The van der Waals surface area contributed by atoms with Gasteiger partial charge in [0.05, 0.1) is 22.8 Å². The Morgan fingerprint density at radius 1 is 0.389 bits per heavy atom. The van der Waals surface area contributed by atoms with Crippen molar-refractivity contribution in [1.82, 2.24) is 0 Å². The Labute approximate surface area is 210 Å². The first-order chi connectivity index (χ1) is 17.6. The zero-order valence-electron chi connectivity index (χ0n) is 19.6. The molecule has 0 amide bonds. The molecule has 6 heteroatoms. The molecule has 176 valence electrons. The summed E-state index contributed by atoms with van der Waals surface area (Å²) in [6.45, 7) is 0. The molecule has 0 fully saturated rings. The summed E-state index contributed by atoms with van der Waals surface area (Å²) in [5.41, 5.74) is 20.4. The molecule has 0 aromatic heterocycles. The Bertz CT molecular complexity index is 1430. The fraction of sp³-hybridized carbons (Fsp3) is 0. The topological polar surface area (TPSA) is 101 Å². The molecule has 0 bridgehead atoms. The molecule has 36 heavy (non-hydrogen) atoms. The van der Waals surface area contributed by atoms with Crippen molar-refractivity contribution in [3.8, 4) is 0 Å². The van der Waals surface area contributed by atoms with E-state index >= 15 is 0 Å². The minimum atomic E-state index is 0.727. The van der Waals surface area contributed by atoms with E-state index in [9.17, 15) is 0 Å². The summed E-state index contributed by atoms with van der Waals surface area (Å²) in [5.74, 6) is 0. The number of nitrogens with zero attached hydrogens (tertiary/aromatic N) is 2. The summed E-state index contributed by atoms with van der Waals surface area (Å²) in [4.78, 5) is 9.30. The lowest BCUT2D eigenvalue weighted by atomic mass is 10.1. The third kappa shape index (κ3) is 6.07. The number of benzene rings is 4. The van der Waals surface area contributed by atoms with Crippen LogP contribution in [-0.2, 0) is 0 Å². The second-order valence-electron chi connectivity index (χ2n) is 8.33. The zero-order chi connectivity index (χ0) is 24.7. The highest BCUT2D eigenvalue weighted by Crippen LogP contribution is 2.24. The van der Waals surface area contributed by atoms with E-state index in [4.69, 9.17) is 16.5 Å². The Morgan fingerprint density at radius 3 is 1.06 bits per heavy atom. The molecule has 0 spiro atoms. The number of rotatable bonds is 6. The first-order valence-electron chi connectivity index (χ1n) is 11.6. The summed E-state index contributed by atoms with van der Waals surface area (Å²) in [6.07, 6.45) is 7.83. The van der Waals surface area contributed by atoms with Gasteiger partial charge in [-0.05, 0) is 121 Å². The van der Waals surface area contributed by atoms with E-state index in [2.05, 4.69) is 15.6 Å². The fourth-order valence-corrected chi connectivity index (χ4v) is 3.60. The number of allylic oxidation sites excluding steroid dienone is 4. The molecule has 6 nitrogen and oxygen atoms in total. The summed E-state index contributed by atoms with van der Waals surface area (Å²) >= 11 is 0. The molecular weight excluding hydrogens is 444 g/mol. The molecule has 0 heterocycles. The van der Waals surface area contributed by atoms with Gasteiger partial charge in [-0.25, -0.2) is 9.98 Å². The summed E-state index contributed by atoms with van der Waals surface area (Å²) in [6, 6.07) is 31.3. The van der Waals surface area contributed by atoms with Crippen molar-refractivity contribution < 1.29 is 0 Å².